The lowest BCUT2D eigenvalue weighted by Gasteiger charge is -2.03. The summed E-state index contributed by atoms with van der Waals surface area (Å²) < 4.78 is 0. The van der Waals surface area contributed by atoms with Crippen molar-refractivity contribution in [2.75, 3.05) is 0 Å². The fraction of sp³-hybridized carbons (Fsp3) is 0.333. The lowest BCUT2D eigenvalue weighted by Crippen LogP contribution is -1.94. The van der Waals surface area contributed by atoms with Crippen LogP contribution >= 0.6 is 0 Å². The second-order valence-corrected chi connectivity index (χ2v) is 2.96. The van der Waals surface area contributed by atoms with E-state index >= 15 is 0 Å². The lowest BCUT2D eigenvalue weighted by molar-refractivity contribution is -0.0425. The van der Waals surface area contributed by atoms with Crippen LogP contribution in [-0.2, 0) is 12.8 Å². The normalized spacial score (nSPS) is 13.2. The number of hydrogen-bond donors (Lipinski definition) is 3. The number of rotatable bonds is 1. The van der Waals surface area contributed by atoms with Gasteiger partial charge in [0.2, 0.25) is 0 Å². The van der Waals surface area contributed by atoms with Crippen molar-refractivity contribution in [2.45, 2.75) is 19.1 Å². The fourth-order valence-corrected chi connectivity index (χ4v) is 1.52. The zero-order valence-electron chi connectivity index (χ0n) is 6.83. The van der Waals surface area contributed by atoms with E-state index in [0.29, 0.717) is 5.56 Å². The van der Waals surface area contributed by atoms with Crippen molar-refractivity contribution in [3.05, 3.63) is 34.9 Å². The van der Waals surface area contributed by atoms with Crippen LogP contribution < -0.4 is 6.15 Å². The van der Waals surface area contributed by atoms with Crippen LogP contribution in [-0.4, -0.2) is 10.2 Å². The summed E-state index contributed by atoms with van der Waals surface area (Å²) in [5.41, 5.74) is 3.05. The maximum atomic E-state index is 8.86. The van der Waals surface area contributed by atoms with Gasteiger partial charge in [0.05, 0.1) is 0 Å². The number of aryl methyl sites for hydroxylation is 2. The van der Waals surface area contributed by atoms with Gasteiger partial charge in [-0.3, -0.25) is 0 Å². The smallest absolute Gasteiger partial charge is 0.178 e. The van der Waals surface area contributed by atoms with Crippen LogP contribution in [0.3, 0.4) is 0 Å². The topological polar surface area (TPSA) is 75.5 Å². The van der Waals surface area contributed by atoms with E-state index in [9.17, 15) is 0 Å². The van der Waals surface area contributed by atoms with E-state index in [-0.39, 0.29) is 6.15 Å². The molecule has 0 saturated carbocycles. The summed E-state index contributed by atoms with van der Waals surface area (Å²) in [7, 11) is 0. The highest BCUT2D eigenvalue weighted by molar-refractivity contribution is 5.35. The Morgan fingerprint density at radius 3 is 1.92 bits per heavy atom. The second-order valence-electron chi connectivity index (χ2n) is 2.96. The quantitative estimate of drug-likeness (QED) is 0.544. The second kappa shape index (κ2) is 3.23. The standard InChI is InChI=1S/C9H10O2.H3N/c10-9(11)8-4-6-1-2-7(3-6)5-8;/h3-5,9-11H,1-2H2;1H3. The van der Waals surface area contributed by atoms with Gasteiger partial charge in [-0.2, -0.15) is 0 Å². The Balaban J connectivity index is 0.000000720. The molecule has 1 aliphatic rings. The van der Waals surface area contributed by atoms with Gasteiger partial charge in [0.1, 0.15) is 0 Å². The first-order valence-electron chi connectivity index (χ1n) is 3.74. The number of aliphatic hydroxyl groups excluding tert-OH is 1. The van der Waals surface area contributed by atoms with Crippen molar-refractivity contribution >= 4 is 0 Å². The first-order chi connectivity index (χ1) is 5.25. The average Bonchev–Trinajstić information content (AvgIpc) is 2.30. The lowest BCUT2D eigenvalue weighted by atomic mass is 10.1. The van der Waals surface area contributed by atoms with Gasteiger partial charge in [0, 0.05) is 5.56 Å². The van der Waals surface area contributed by atoms with Gasteiger partial charge in [-0.1, -0.05) is 18.2 Å². The van der Waals surface area contributed by atoms with Crippen molar-refractivity contribution in [1.29, 1.82) is 0 Å². The maximum absolute atomic E-state index is 8.86. The molecule has 0 saturated heterocycles. The van der Waals surface area contributed by atoms with Gasteiger partial charge in [-0.15, -0.1) is 0 Å². The SMILES string of the molecule is N.OC(O)c1cc2cc(c1)CC2. The average molecular weight is 167 g/mol. The first-order valence-corrected chi connectivity index (χ1v) is 3.74. The summed E-state index contributed by atoms with van der Waals surface area (Å²) in [6.45, 7) is 0. The highest BCUT2D eigenvalue weighted by Gasteiger charge is 2.11. The van der Waals surface area contributed by atoms with E-state index < -0.39 is 6.29 Å². The Morgan fingerprint density at radius 2 is 1.50 bits per heavy atom. The molecule has 2 bridgehead atoms. The molecule has 0 fully saturated rings. The molecule has 1 aliphatic carbocycles. The molecule has 0 spiro atoms. The summed E-state index contributed by atoms with van der Waals surface area (Å²) >= 11 is 0. The molecule has 0 aliphatic heterocycles. The molecular formula is C9H13NO2. The number of benzene rings is 1. The third-order valence-electron chi connectivity index (χ3n) is 2.08. The Bertz CT molecular complexity index is 262. The van der Waals surface area contributed by atoms with Gasteiger partial charge in [0.25, 0.3) is 0 Å². The molecule has 66 valence electrons. The van der Waals surface area contributed by atoms with Crippen molar-refractivity contribution in [3.8, 4) is 0 Å². The van der Waals surface area contributed by atoms with Crippen molar-refractivity contribution in [1.82, 2.24) is 6.15 Å². The molecule has 0 aromatic heterocycles. The monoisotopic (exact) mass is 167 g/mol. The summed E-state index contributed by atoms with van der Waals surface area (Å²) in [6.07, 6.45) is 0.774. The molecule has 5 N–H and O–H groups in total. The molecule has 3 nitrogen and oxygen atoms in total. The number of aliphatic hydroxyl groups is 2. The first kappa shape index (κ1) is 9.19. The zero-order valence-corrected chi connectivity index (χ0v) is 6.83. The highest BCUT2D eigenvalue weighted by Crippen LogP contribution is 2.22. The molecule has 1 aromatic carbocycles. The molecule has 0 atom stereocenters. The molecular weight excluding hydrogens is 154 g/mol. The van der Waals surface area contributed by atoms with Crippen molar-refractivity contribution in [2.24, 2.45) is 0 Å². The van der Waals surface area contributed by atoms with Gasteiger partial charge in [-0.05, 0) is 24.0 Å². The van der Waals surface area contributed by atoms with E-state index in [1.807, 2.05) is 12.1 Å². The van der Waals surface area contributed by atoms with Gasteiger partial charge in [-0.25, -0.2) is 0 Å². The maximum Gasteiger partial charge on any atom is 0.178 e. The van der Waals surface area contributed by atoms with Gasteiger partial charge >= 0.3 is 0 Å². The third kappa shape index (κ3) is 1.48. The molecule has 0 amide bonds. The van der Waals surface area contributed by atoms with Crippen LogP contribution in [0.25, 0.3) is 0 Å². The van der Waals surface area contributed by atoms with Crippen LogP contribution in [0.4, 0.5) is 0 Å². The summed E-state index contributed by atoms with van der Waals surface area (Å²) in [6, 6.07) is 5.80. The number of hydrogen-bond acceptors (Lipinski definition) is 3. The van der Waals surface area contributed by atoms with Crippen molar-refractivity contribution in [3.63, 3.8) is 0 Å². The fourth-order valence-electron chi connectivity index (χ4n) is 1.52. The molecule has 1 aromatic rings. The third-order valence-corrected chi connectivity index (χ3v) is 2.08. The summed E-state index contributed by atoms with van der Waals surface area (Å²) in [5.74, 6) is 0. The summed E-state index contributed by atoms with van der Waals surface area (Å²) in [5, 5.41) is 17.7. The summed E-state index contributed by atoms with van der Waals surface area (Å²) in [4.78, 5) is 0. The molecule has 0 heterocycles. The van der Waals surface area contributed by atoms with Gasteiger partial charge < -0.3 is 16.4 Å². The predicted molar refractivity (Wildman–Crippen MR) is 46.1 cm³/mol. The minimum atomic E-state index is -1.31. The minimum Gasteiger partial charge on any atom is -0.364 e. The van der Waals surface area contributed by atoms with E-state index in [1.165, 1.54) is 11.1 Å². The van der Waals surface area contributed by atoms with Crippen LogP contribution in [0, 0.1) is 0 Å². The molecule has 12 heavy (non-hydrogen) atoms. The molecule has 2 rings (SSSR count). The Kier molecular flexibility index (Phi) is 2.47. The number of fused-ring (bicyclic) bond motifs is 2. The van der Waals surface area contributed by atoms with Crippen LogP contribution in [0.2, 0.25) is 0 Å². The van der Waals surface area contributed by atoms with E-state index in [1.54, 1.807) is 0 Å². The van der Waals surface area contributed by atoms with Crippen LogP contribution in [0.5, 0.6) is 0 Å². The predicted octanol–water partition coefficient (Wildman–Crippen LogP) is 0.930. The Labute approximate surface area is 71.2 Å². The Morgan fingerprint density at radius 1 is 1.00 bits per heavy atom. The van der Waals surface area contributed by atoms with Gasteiger partial charge in [0.15, 0.2) is 6.29 Å². The van der Waals surface area contributed by atoms with Crippen LogP contribution in [0.15, 0.2) is 18.2 Å². The Hall–Kier alpha value is -0.900. The largest absolute Gasteiger partial charge is 0.364 e. The molecule has 3 heteroatoms. The van der Waals surface area contributed by atoms with E-state index in [2.05, 4.69) is 6.07 Å². The van der Waals surface area contributed by atoms with Crippen molar-refractivity contribution < 1.29 is 10.2 Å². The highest BCUT2D eigenvalue weighted by atomic mass is 16.5. The van der Waals surface area contributed by atoms with E-state index in [0.717, 1.165) is 12.8 Å². The van der Waals surface area contributed by atoms with Crippen LogP contribution in [0.1, 0.15) is 23.0 Å². The zero-order chi connectivity index (χ0) is 7.84. The minimum absolute atomic E-state index is 0. The van der Waals surface area contributed by atoms with E-state index in [4.69, 9.17) is 10.2 Å². The molecule has 0 radical (unpaired) electrons. The molecule has 0 unspecified atom stereocenters.